The minimum Gasteiger partial charge on any atom is -0.454 e. The maximum absolute atomic E-state index is 11.9. The van der Waals surface area contributed by atoms with Crippen LogP contribution in [0.15, 0.2) is 57.9 Å². The van der Waals surface area contributed by atoms with Crippen molar-refractivity contribution in [2.24, 2.45) is 0 Å². The lowest BCUT2D eigenvalue weighted by Crippen LogP contribution is -2.02. The lowest BCUT2D eigenvalue weighted by atomic mass is 10.1. The van der Waals surface area contributed by atoms with Crippen LogP contribution in [0.4, 0.5) is 5.69 Å². The number of pyridine rings is 1. The average molecular weight is 268 g/mol. The zero-order valence-corrected chi connectivity index (χ0v) is 10.1. The van der Waals surface area contributed by atoms with Crippen LogP contribution < -0.4 is 5.43 Å². The van der Waals surface area contributed by atoms with E-state index >= 15 is 0 Å². The number of rotatable bonds is 2. The molecule has 0 saturated carbocycles. The van der Waals surface area contributed by atoms with E-state index in [0.29, 0.717) is 11.1 Å². The van der Waals surface area contributed by atoms with Gasteiger partial charge in [-0.25, -0.2) is 4.98 Å². The quantitative estimate of drug-likeness (QED) is 0.527. The molecule has 0 saturated heterocycles. The highest BCUT2D eigenvalue weighted by molar-refractivity contribution is 5.74. The monoisotopic (exact) mass is 268 g/mol. The van der Waals surface area contributed by atoms with Gasteiger partial charge in [-0.15, -0.1) is 0 Å². The number of fused-ring (bicyclic) bond motifs is 1. The maximum atomic E-state index is 11.9. The first kappa shape index (κ1) is 12.0. The molecule has 0 bridgehead atoms. The molecule has 2 aromatic heterocycles. The summed E-state index contributed by atoms with van der Waals surface area (Å²) < 4.78 is 5.58. The lowest BCUT2D eigenvalue weighted by molar-refractivity contribution is -0.384. The average Bonchev–Trinajstić information content (AvgIpc) is 2.47. The summed E-state index contributed by atoms with van der Waals surface area (Å²) in [7, 11) is 0. The third-order valence-electron chi connectivity index (χ3n) is 2.83. The van der Waals surface area contributed by atoms with Gasteiger partial charge in [0.05, 0.1) is 4.92 Å². The lowest BCUT2D eigenvalue weighted by Gasteiger charge is -2.02. The van der Waals surface area contributed by atoms with Gasteiger partial charge in [-0.05, 0) is 12.1 Å². The van der Waals surface area contributed by atoms with Crippen LogP contribution >= 0.6 is 0 Å². The topological polar surface area (TPSA) is 86.2 Å². The van der Waals surface area contributed by atoms with E-state index in [2.05, 4.69) is 4.98 Å². The molecule has 0 unspecified atom stereocenters. The van der Waals surface area contributed by atoms with Crippen molar-refractivity contribution >= 4 is 16.8 Å². The number of hydrogen-bond donors (Lipinski definition) is 0. The van der Waals surface area contributed by atoms with Gasteiger partial charge >= 0.3 is 0 Å². The molecule has 6 nitrogen and oxygen atoms in total. The van der Waals surface area contributed by atoms with Crippen LogP contribution in [0.1, 0.15) is 0 Å². The molecule has 3 aromatic rings. The summed E-state index contributed by atoms with van der Waals surface area (Å²) in [6.07, 6.45) is 1.51. The molecule has 98 valence electrons. The Morgan fingerprint density at radius 2 is 2.00 bits per heavy atom. The molecule has 3 rings (SSSR count). The van der Waals surface area contributed by atoms with Crippen molar-refractivity contribution < 1.29 is 9.34 Å². The zero-order valence-electron chi connectivity index (χ0n) is 10.1. The van der Waals surface area contributed by atoms with Gasteiger partial charge in [-0.1, -0.05) is 12.1 Å². The van der Waals surface area contributed by atoms with Crippen LogP contribution in [0.2, 0.25) is 0 Å². The molecule has 0 amide bonds. The number of aromatic nitrogens is 1. The smallest absolute Gasteiger partial charge is 0.270 e. The highest BCUT2D eigenvalue weighted by Gasteiger charge is 2.11. The molecule has 0 fully saturated rings. The Labute approximate surface area is 112 Å². The predicted molar refractivity (Wildman–Crippen MR) is 72.4 cm³/mol. The second kappa shape index (κ2) is 4.58. The van der Waals surface area contributed by atoms with Gasteiger partial charge in [-0.3, -0.25) is 14.9 Å². The standard InChI is InChI=1S/C14H8N2O4/c17-11-8-13(20-12-5-2-6-15-14(11)12)9-3-1-4-10(7-9)16(18)19/h1-8H. The molecule has 0 spiro atoms. The Balaban J connectivity index is 2.22. The third-order valence-corrected chi connectivity index (χ3v) is 2.83. The Morgan fingerprint density at radius 3 is 2.80 bits per heavy atom. The van der Waals surface area contributed by atoms with E-state index in [9.17, 15) is 14.9 Å². The van der Waals surface area contributed by atoms with Crippen LogP contribution in [0.5, 0.6) is 0 Å². The number of nitrogens with zero attached hydrogens (tertiary/aromatic N) is 2. The number of non-ortho nitro benzene ring substituents is 1. The normalized spacial score (nSPS) is 10.6. The van der Waals surface area contributed by atoms with Crippen molar-refractivity contribution in [3.63, 3.8) is 0 Å². The summed E-state index contributed by atoms with van der Waals surface area (Å²) in [5.41, 5.74) is 0.718. The summed E-state index contributed by atoms with van der Waals surface area (Å²) in [6.45, 7) is 0. The Hall–Kier alpha value is -3.02. The fraction of sp³-hybridized carbons (Fsp3) is 0. The number of nitro groups is 1. The molecule has 2 heterocycles. The molecule has 1 aromatic carbocycles. The Morgan fingerprint density at radius 1 is 1.15 bits per heavy atom. The third kappa shape index (κ3) is 2.03. The first-order valence-corrected chi connectivity index (χ1v) is 5.79. The summed E-state index contributed by atoms with van der Waals surface area (Å²) in [4.78, 5) is 26.2. The van der Waals surface area contributed by atoms with E-state index in [1.807, 2.05) is 0 Å². The molecular weight excluding hydrogens is 260 g/mol. The Kier molecular flexibility index (Phi) is 2.76. The van der Waals surface area contributed by atoms with Crippen LogP contribution in [-0.4, -0.2) is 9.91 Å². The first-order chi connectivity index (χ1) is 9.65. The second-order valence-corrected chi connectivity index (χ2v) is 4.13. The fourth-order valence-corrected chi connectivity index (χ4v) is 1.91. The highest BCUT2D eigenvalue weighted by Crippen LogP contribution is 2.24. The molecule has 0 radical (unpaired) electrons. The largest absolute Gasteiger partial charge is 0.454 e. The molecule has 20 heavy (non-hydrogen) atoms. The highest BCUT2D eigenvalue weighted by atomic mass is 16.6. The van der Waals surface area contributed by atoms with Crippen molar-refractivity contribution in [2.75, 3.05) is 0 Å². The summed E-state index contributed by atoms with van der Waals surface area (Å²) in [6, 6.07) is 10.5. The van der Waals surface area contributed by atoms with E-state index in [4.69, 9.17) is 4.42 Å². The second-order valence-electron chi connectivity index (χ2n) is 4.13. The number of benzene rings is 1. The van der Waals surface area contributed by atoms with Gasteiger partial charge in [0.25, 0.3) is 5.69 Å². The van der Waals surface area contributed by atoms with Gasteiger partial charge in [0.2, 0.25) is 5.43 Å². The van der Waals surface area contributed by atoms with Crippen molar-refractivity contribution in [1.29, 1.82) is 0 Å². The van der Waals surface area contributed by atoms with Crippen molar-refractivity contribution in [1.82, 2.24) is 4.98 Å². The van der Waals surface area contributed by atoms with Crippen molar-refractivity contribution in [3.8, 4) is 11.3 Å². The van der Waals surface area contributed by atoms with Crippen molar-refractivity contribution in [2.45, 2.75) is 0 Å². The van der Waals surface area contributed by atoms with Gasteiger partial charge in [0, 0.05) is 30.0 Å². The Bertz CT molecular complexity index is 870. The van der Waals surface area contributed by atoms with Crippen molar-refractivity contribution in [3.05, 3.63) is 69.0 Å². The van der Waals surface area contributed by atoms with E-state index in [1.165, 1.54) is 24.4 Å². The van der Waals surface area contributed by atoms with Crippen LogP contribution in [0.25, 0.3) is 22.4 Å². The minimum absolute atomic E-state index is 0.0589. The number of nitro benzene ring substituents is 1. The molecule has 0 N–H and O–H groups in total. The van der Waals surface area contributed by atoms with Gasteiger partial charge in [0.1, 0.15) is 5.76 Å². The van der Waals surface area contributed by atoms with E-state index in [-0.39, 0.29) is 22.4 Å². The SMILES string of the molecule is O=c1cc(-c2cccc([N+](=O)[O-])c2)oc2cccnc12. The fourth-order valence-electron chi connectivity index (χ4n) is 1.91. The molecule has 0 aliphatic rings. The summed E-state index contributed by atoms with van der Waals surface area (Å²) in [5.74, 6) is 0.277. The van der Waals surface area contributed by atoms with Crippen LogP contribution in [0, 0.1) is 10.1 Å². The van der Waals surface area contributed by atoms with Gasteiger partial charge in [-0.2, -0.15) is 0 Å². The van der Waals surface area contributed by atoms with Gasteiger partial charge in [0.15, 0.2) is 11.1 Å². The molecule has 0 atom stereocenters. The van der Waals surface area contributed by atoms with Gasteiger partial charge < -0.3 is 4.42 Å². The molecule has 0 aliphatic heterocycles. The molecular formula is C14H8N2O4. The van der Waals surface area contributed by atoms with Crippen LogP contribution in [-0.2, 0) is 0 Å². The van der Waals surface area contributed by atoms with E-state index in [1.54, 1.807) is 24.3 Å². The number of hydrogen-bond acceptors (Lipinski definition) is 5. The minimum atomic E-state index is -0.496. The summed E-state index contributed by atoms with van der Waals surface area (Å²) in [5, 5.41) is 10.8. The summed E-state index contributed by atoms with van der Waals surface area (Å²) >= 11 is 0. The van der Waals surface area contributed by atoms with Crippen LogP contribution in [0.3, 0.4) is 0 Å². The van der Waals surface area contributed by atoms with E-state index in [0.717, 1.165) is 0 Å². The zero-order chi connectivity index (χ0) is 14.1. The predicted octanol–water partition coefficient (Wildman–Crippen LogP) is 2.76. The molecule has 6 heteroatoms. The maximum Gasteiger partial charge on any atom is 0.270 e. The first-order valence-electron chi connectivity index (χ1n) is 5.79. The molecule has 0 aliphatic carbocycles. The van der Waals surface area contributed by atoms with E-state index < -0.39 is 4.92 Å².